The van der Waals surface area contributed by atoms with Crippen molar-refractivity contribution in [3.8, 4) is 0 Å². The number of hydrogen-bond donors (Lipinski definition) is 1. The van der Waals surface area contributed by atoms with Crippen molar-refractivity contribution in [2.24, 2.45) is 5.73 Å². The summed E-state index contributed by atoms with van der Waals surface area (Å²) in [5.74, 6) is 0. The van der Waals surface area contributed by atoms with E-state index in [0.717, 1.165) is 0 Å². The molecule has 1 saturated heterocycles. The highest BCUT2D eigenvalue weighted by Crippen LogP contribution is 2.37. The monoisotopic (exact) mass is 217 g/mol. The fourth-order valence-corrected chi connectivity index (χ4v) is 2.58. The van der Waals surface area contributed by atoms with Gasteiger partial charge in [0.05, 0.1) is 25.4 Å². The van der Waals surface area contributed by atoms with Gasteiger partial charge in [-0.15, -0.1) is 0 Å². The summed E-state index contributed by atoms with van der Waals surface area (Å²) in [6.45, 7) is 12.5. The third kappa shape index (κ3) is 2.57. The van der Waals surface area contributed by atoms with Gasteiger partial charge in [-0.3, -0.25) is 0 Å². The minimum Gasteiger partial charge on any atom is -0.410 e. The molecule has 0 amide bonds. The smallest absolute Gasteiger partial charge is 0.192 e. The maximum Gasteiger partial charge on any atom is 0.192 e. The van der Waals surface area contributed by atoms with E-state index >= 15 is 0 Å². The third-order valence-corrected chi connectivity index (χ3v) is 7.83. The first-order valence-electron chi connectivity index (χ1n) is 5.25. The second kappa shape index (κ2) is 3.93. The number of hydrogen-bond acceptors (Lipinski definition) is 3. The van der Waals surface area contributed by atoms with Crippen LogP contribution in [0, 0.1) is 0 Å². The highest BCUT2D eigenvalue weighted by Gasteiger charge is 2.41. The molecule has 2 N–H and O–H groups in total. The Morgan fingerprint density at radius 1 is 1.29 bits per heavy atom. The summed E-state index contributed by atoms with van der Waals surface area (Å²) in [5.41, 5.74) is 5.90. The molecule has 1 rings (SSSR count). The SMILES string of the molecule is CC(C)(C)[Si](C)(C)O[C@H]1COC[C@H]1N. The normalized spacial score (nSPS) is 29.6. The molecule has 2 atom stereocenters. The molecular weight excluding hydrogens is 194 g/mol. The molecule has 0 bridgehead atoms. The summed E-state index contributed by atoms with van der Waals surface area (Å²) < 4.78 is 11.5. The first kappa shape index (κ1) is 12.2. The fourth-order valence-electron chi connectivity index (χ4n) is 1.23. The third-order valence-electron chi connectivity index (χ3n) is 3.32. The molecule has 1 aliphatic heterocycles. The van der Waals surface area contributed by atoms with E-state index < -0.39 is 8.32 Å². The number of ether oxygens (including phenoxy) is 1. The summed E-state index contributed by atoms with van der Waals surface area (Å²) in [6.07, 6.45) is 0.107. The Labute approximate surface area is 88.1 Å². The van der Waals surface area contributed by atoms with Crippen molar-refractivity contribution < 1.29 is 9.16 Å². The molecule has 0 saturated carbocycles. The summed E-state index contributed by atoms with van der Waals surface area (Å²) in [6, 6.07) is 0.0594. The molecule has 84 valence electrons. The lowest BCUT2D eigenvalue weighted by Crippen LogP contribution is -2.48. The zero-order valence-electron chi connectivity index (χ0n) is 9.96. The largest absolute Gasteiger partial charge is 0.410 e. The summed E-state index contributed by atoms with van der Waals surface area (Å²) in [5, 5.41) is 0.245. The molecule has 0 aliphatic carbocycles. The van der Waals surface area contributed by atoms with Crippen molar-refractivity contribution in [2.45, 2.75) is 51.0 Å². The van der Waals surface area contributed by atoms with Crippen molar-refractivity contribution in [2.75, 3.05) is 13.2 Å². The molecule has 0 aromatic heterocycles. The van der Waals surface area contributed by atoms with E-state index in [1.54, 1.807) is 0 Å². The first-order valence-corrected chi connectivity index (χ1v) is 8.16. The van der Waals surface area contributed by atoms with Crippen LogP contribution in [0.1, 0.15) is 20.8 Å². The van der Waals surface area contributed by atoms with Gasteiger partial charge in [0.25, 0.3) is 0 Å². The lowest BCUT2D eigenvalue weighted by molar-refractivity contribution is 0.130. The predicted molar refractivity (Wildman–Crippen MR) is 60.9 cm³/mol. The van der Waals surface area contributed by atoms with E-state index in [1.165, 1.54) is 0 Å². The van der Waals surface area contributed by atoms with Crippen LogP contribution in [0.25, 0.3) is 0 Å². The van der Waals surface area contributed by atoms with Crippen molar-refractivity contribution in [1.29, 1.82) is 0 Å². The zero-order valence-corrected chi connectivity index (χ0v) is 11.0. The van der Waals surface area contributed by atoms with Gasteiger partial charge in [0.15, 0.2) is 8.32 Å². The Kier molecular flexibility index (Phi) is 3.41. The molecule has 0 spiro atoms. The summed E-state index contributed by atoms with van der Waals surface area (Å²) >= 11 is 0. The van der Waals surface area contributed by atoms with E-state index in [1.807, 2.05) is 0 Å². The standard InChI is InChI=1S/C10H23NO2Si/c1-10(2,3)14(4,5)13-9-7-12-6-8(9)11/h8-9H,6-7,11H2,1-5H3/t8-,9+/m1/s1. The van der Waals surface area contributed by atoms with Gasteiger partial charge in [-0.05, 0) is 18.1 Å². The van der Waals surface area contributed by atoms with E-state index in [9.17, 15) is 0 Å². The van der Waals surface area contributed by atoms with Crippen LogP contribution in [-0.2, 0) is 9.16 Å². The quantitative estimate of drug-likeness (QED) is 0.717. The average Bonchev–Trinajstić information content (AvgIpc) is 2.33. The highest BCUT2D eigenvalue weighted by molar-refractivity contribution is 6.74. The van der Waals surface area contributed by atoms with Crippen LogP contribution >= 0.6 is 0 Å². The molecule has 1 aliphatic rings. The Morgan fingerprint density at radius 2 is 1.86 bits per heavy atom. The fraction of sp³-hybridized carbons (Fsp3) is 1.00. The lowest BCUT2D eigenvalue weighted by Gasteiger charge is -2.38. The molecule has 1 fully saturated rings. The Balaban J connectivity index is 2.58. The molecule has 0 unspecified atom stereocenters. The predicted octanol–water partition coefficient (Wildman–Crippen LogP) is 1.73. The molecule has 3 nitrogen and oxygen atoms in total. The van der Waals surface area contributed by atoms with Crippen LogP contribution in [-0.4, -0.2) is 33.7 Å². The molecule has 14 heavy (non-hydrogen) atoms. The van der Waals surface area contributed by atoms with Crippen molar-refractivity contribution >= 4 is 8.32 Å². The second-order valence-electron chi connectivity index (χ2n) is 5.62. The van der Waals surface area contributed by atoms with Gasteiger partial charge in [-0.2, -0.15) is 0 Å². The Bertz CT molecular complexity index is 201. The first-order chi connectivity index (χ1) is 6.24. The minimum absolute atomic E-state index is 0.0594. The zero-order chi connectivity index (χ0) is 11.0. The van der Waals surface area contributed by atoms with Gasteiger partial charge in [0.2, 0.25) is 0 Å². The van der Waals surface area contributed by atoms with E-state index in [2.05, 4.69) is 33.9 Å². The van der Waals surface area contributed by atoms with Crippen molar-refractivity contribution in [3.63, 3.8) is 0 Å². The van der Waals surface area contributed by atoms with Crippen LogP contribution in [0.2, 0.25) is 18.1 Å². The van der Waals surface area contributed by atoms with E-state index in [-0.39, 0.29) is 17.2 Å². The van der Waals surface area contributed by atoms with Gasteiger partial charge in [-0.1, -0.05) is 20.8 Å². The molecule has 4 heteroatoms. The molecule has 0 aromatic carbocycles. The van der Waals surface area contributed by atoms with Crippen LogP contribution in [0.4, 0.5) is 0 Å². The van der Waals surface area contributed by atoms with Gasteiger partial charge in [-0.25, -0.2) is 0 Å². The topological polar surface area (TPSA) is 44.5 Å². The van der Waals surface area contributed by atoms with E-state index in [4.69, 9.17) is 14.9 Å². The van der Waals surface area contributed by atoms with E-state index in [0.29, 0.717) is 13.2 Å². The van der Waals surface area contributed by atoms with Crippen LogP contribution in [0.15, 0.2) is 0 Å². The second-order valence-corrected chi connectivity index (χ2v) is 10.4. The average molecular weight is 217 g/mol. The Hall–Kier alpha value is 0.0969. The highest BCUT2D eigenvalue weighted by atomic mass is 28.4. The van der Waals surface area contributed by atoms with Gasteiger partial charge in [0, 0.05) is 0 Å². The lowest BCUT2D eigenvalue weighted by atomic mass is 10.2. The molecule has 0 radical (unpaired) electrons. The van der Waals surface area contributed by atoms with Gasteiger partial charge >= 0.3 is 0 Å². The van der Waals surface area contributed by atoms with Gasteiger partial charge < -0.3 is 14.9 Å². The molecular formula is C10H23NO2Si. The van der Waals surface area contributed by atoms with Crippen molar-refractivity contribution in [1.82, 2.24) is 0 Å². The van der Waals surface area contributed by atoms with Crippen molar-refractivity contribution in [3.05, 3.63) is 0 Å². The summed E-state index contributed by atoms with van der Waals surface area (Å²) in [4.78, 5) is 0. The minimum atomic E-state index is -1.67. The van der Waals surface area contributed by atoms with Crippen LogP contribution in [0.3, 0.4) is 0 Å². The Morgan fingerprint density at radius 3 is 2.21 bits per heavy atom. The summed E-state index contributed by atoms with van der Waals surface area (Å²) in [7, 11) is -1.67. The molecule has 0 aromatic rings. The van der Waals surface area contributed by atoms with Gasteiger partial charge in [0.1, 0.15) is 0 Å². The van der Waals surface area contributed by atoms with Crippen LogP contribution in [0.5, 0.6) is 0 Å². The van der Waals surface area contributed by atoms with Crippen LogP contribution < -0.4 is 5.73 Å². The number of rotatable bonds is 2. The maximum atomic E-state index is 6.16. The number of nitrogens with two attached hydrogens (primary N) is 1. The maximum absolute atomic E-state index is 6.16. The molecule has 1 heterocycles.